The van der Waals surface area contributed by atoms with Gasteiger partial charge in [0.2, 0.25) is 5.91 Å². The van der Waals surface area contributed by atoms with Crippen LogP contribution in [0, 0.1) is 12.7 Å². The van der Waals surface area contributed by atoms with Crippen LogP contribution in [0.15, 0.2) is 30.3 Å². The van der Waals surface area contributed by atoms with Crippen molar-refractivity contribution in [2.75, 3.05) is 5.32 Å². The summed E-state index contributed by atoms with van der Waals surface area (Å²) in [6, 6.07) is 8.66. The Morgan fingerprint density at radius 2 is 2.10 bits per heavy atom. The molecule has 2 aromatic rings. The average Bonchev–Trinajstić information content (AvgIpc) is 2.79. The number of benzene rings is 2. The van der Waals surface area contributed by atoms with Gasteiger partial charge in [0, 0.05) is 10.7 Å². The summed E-state index contributed by atoms with van der Waals surface area (Å²) in [6.07, 6.45) is 0.363. The molecule has 21 heavy (non-hydrogen) atoms. The smallest absolute Gasteiger partial charge is 0.228 e. The Morgan fingerprint density at radius 3 is 2.81 bits per heavy atom. The molecule has 1 heterocycles. The third-order valence-electron chi connectivity index (χ3n) is 3.60. The minimum absolute atomic E-state index is 0.0260. The van der Waals surface area contributed by atoms with Gasteiger partial charge in [0.1, 0.15) is 5.82 Å². The van der Waals surface area contributed by atoms with Gasteiger partial charge in [-0.3, -0.25) is 4.79 Å². The van der Waals surface area contributed by atoms with Crippen molar-refractivity contribution in [3.05, 3.63) is 63.4 Å². The zero-order valence-corrected chi connectivity index (χ0v) is 13.6. The molecule has 1 amide bonds. The number of halogens is 3. The van der Waals surface area contributed by atoms with Gasteiger partial charge >= 0.3 is 0 Å². The van der Waals surface area contributed by atoms with Gasteiger partial charge in [-0.15, -0.1) is 0 Å². The summed E-state index contributed by atoms with van der Waals surface area (Å²) < 4.78 is 13.4. The van der Waals surface area contributed by atoms with E-state index >= 15 is 0 Å². The van der Waals surface area contributed by atoms with E-state index in [0.717, 1.165) is 22.4 Å². The van der Waals surface area contributed by atoms with E-state index in [2.05, 4.69) is 21.2 Å². The number of rotatable bonds is 2. The molecule has 108 valence electrons. The second kappa shape index (κ2) is 5.43. The van der Waals surface area contributed by atoms with Crippen molar-refractivity contribution >= 4 is 39.1 Å². The number of hydrogen-bond acceptors (Lipinski definition) is 1. The summed E-state index contributed by atoms with van der Waals surface area (Å²) in [5.74, 6) is -0.254. The Morgan fingerprint density at radius 1 is 1.33 bits per heavy atom. The van der Waals surface area contributed by atoms with E-state index in [4.69, 9.17) is 11.6 Å². The first-order valence-electron chi connectivity index (χ1n) is 6.48. The van der Waals surface area contributed by atoms with Gasteiger partial charge in [-0.2, -0.15) is 0 Å². The Hall–Kier alpha value is -1.39. The first-order valence-corrected chi connectivity index (χ1v) is 7.77. The van der Waals surface area contributed by atoms with E-state index in [0.29, 0.717) is 17.0 Å². The molecule has 2 nitrogen and oxygen atoms in total. The largest absolute Gasteiger partial charge is 0.325 e. The van der Waals surface area contributed by atoms with Crippen LogP contribution in [0.1, 0.15) is 27.1 Å². The van der Waals surface area contributed by atoms with Crippen LogP contribution in [0.3, 0.4) is 0 Å². The molecular formula is C16H12BrClFNO. The number of alkyl halides is 1. The molecule has 0 fully saturated rings. The van der Waals surface area contributed by atoms with Crippen LogP contribution in [0.2, 0.25) is 5.02 Å². The maximum absolute atomic E-state index is 13.4. The predicted octanol–water partition coefficient (Wildman–Crippen LogP) is 4.77. The molecule has 1 N–H and O–H groups in total. The average molecular weight is 369 g/mol. The van der Waals surface area contributed by atoms with E-state index in [1.807, 2.05) is 6.07 Å². The molecule has 0 radical (unpaired) electrons. The first-order chi connectivity index (χ1) is 9.95. The first kappa shape index (κ1) is 14.5. The van der Waals surface area contributed by atoms with Gasteiger partial charge in [0.25, 0.3) is 0 Å². The summed E-state index contributed by atoms with van der Waals surface area (Å²) in [5.41, 5.74) is 4.09. The highest BCUT2D eigenvalue weighted by molar-refractivity contribution is 9.09. The van der Waals surface area contributed by atoms with Crippen LogP contribution in [0.25, 0.3) is 0 Å². The molecular weight excluding hydrogens is 357 g/mol. The van der Waals surface area contributed by atoms with Crippen LogP contribution in [-0.2, 0) is 11.2 Å². The Labute approximate surface area is 135 Å². The maximum Gasteiger partial charge on any atom is 0.228 e. The lowest BCUT2D eigenvalue weighted by atomic mass is 10.00. The molecule has 0 aromatic heterocycles. The van der Waals surface area contributed by atoms with E-state index in [1.54, 1.807) is 25.1 Å². The van der Waals surface area contributed by atoms with Gasteiger partial charge in [-0.1, -0.05) is 45.7 Å². The minimum atomic E-state index is -0.228. The fraction of sp³-hybridized carbons (Fsp3) is 0.188. The molecule has 2 aromatic carbocycles. The third kappa shape index (κ3) is 2.70. The summed E-state index contributed by atoms with van der Waals surface area (Å²) in [4.78, 5) is 11.3. The molecule has 0 bridgehead atoms. The second-order valence-corrected chi connectivity index (χ2v) is 6.45. The number of carbonyl (C=O) groups excluding carboxylic acids is 1. The van der Waals surface area contributed by atoms with Gasteiger partial charge in [-0.05, 0) is 41.3 Å². The number of carbonyl (C=O) groups is 1. The number of hydrogen-bond donors (Lipinski definition) is 1. The van der Waals surface area contributed by atoms with Crippen LogP contribution in [0.4, 0.5) is 10.1 Å². The normalized spacial score (nSPS) is 14.8. The van der Waals surface area contributed by atoms with Crippen molar-refractivity contribution in [3.8, 4) is 0 Å². The quantitative estimate of drug-likeness (QED) is 0.760. The monoisotopic (exact) mass is 367 g/mol. The van der Waals surface area contributed by atoms with Crippen molar-refractivity contribution in [3.63, 3.8) is 0 Å². The fourth-order valence-electron chi connectivity index (χ4n) is 2.47. The predicted molar refractivity (Wildman–Crippen MR) is 85.7 cm³/mol. The molecule has 5 heteroatoms. The van der Waals surface area contributed by atoms with Crippen molar-refractivity contribution in [2.45, 2.75) is 18.2 Å². The van der Waals surface area contributed by atoms with Crippen molar-refractivity contribution in [2.24, 2.45) is 0 Å². The molecule has 3 rings (SSSR count). The van der Waals surface area contributed by atoms with Gasteiger partial charge in [0.05, 0.1) is 11.2 Å². The molecule has 0 aliphatic carbocycles. The Balaban J connectivity index is 2.02. The van der Waals surface area contributed by atoms with Crippen LogP contribution >= 0.6 is 27.5 Å². The minimum Gasteiger partial charge on any atom is -0.325 e. The van der Waals surface area contributed by atoms with E-state index < -0.39 is 0 Å². The summed E-state index contributed by atoms with van der Waals surface area (Å²) in [5, 5.41) is 3.34. The highest BCUT2D eigenvalue weighted by Gasteiger charge is 2.22. The fourth-order valence-corrected chi connectivity index (χ4v) is 3.53. The molecule has 1 atom stereocenters. The highest BCUT2D eigenvalue weighted by atomic mass is 79.9. The van der Waals surface area contributed by atoms with Crippen molar-refractivity contribution in [1.29, 1.82) is 0 Å². The summed E-state index contributed by atoms with van der Waals surface area (Å²) in [7, 11) is 0. The number of nitrogens with one attached hydrogen (secondary N) is 1. The lowest BCUT2D eigenvalue weighted by molar-refractivity contribution is -0.115. The highest BCUT2D eigenvalue weighted by Crippen LogP contribution is 2.39. The maximum atomic E-state index is 13.4. The summed E-state index contributed by atoms with van der Waals surface area (Å²) in [6.45, 7) is 1.73. The molecule has 0 spiro atoms. The van der Waals surface area contributed by atoms with Crippen LogP contribution in [-0.4, -0.2) is 5.91 Å². The van der Waals surface area contributed by atoms with E-state index in [-0.39, 0.29) is 16.6 Å². The Kier molecular flexibility index (Phi) is 3.76. The lowest BCUT2D eigenvalue weighted by Gasteiger charge is -2.15. The van der Waals surface area contributed by atoms with Gasteiger partial charge < -0.3 is 5.32 Å². The number of amides is 1. The van der Waals surface area contributed by atoms with E-state index in [1.165, 1.54) is 6.07 Å². The van der Waals surface area contributed by atoms with Crippen molar-refractivity contribution in [1.82, 2.24) is 0 Å². The summed E-state index contributed by atoms with van der Waals surface area (Å²) >= 11 is 9.93. The number of aryl methyl sites for hydroxylation is 1. The van der Waals surface area contributed by atoms with Crippen LogP contribution < -0.4 is 5.32 Å². The Bertz CT molecular complexity index is 747. The molecule has 0 saturated carbocycles. The van der Waals surface area contributed by atoms with Crippen molar-refractivity contribution < 1.29 is 9.18 Å². The molecule has 1 unspecified atom stereocenters. The number of fused-ring (bicyclic) bond motifs is 1. The molecule has 1 aliphatic heterocycles. The SMILES string of the molecule is Cc1cc(C(Br)c2cc3c(cc2Cl)NC(=O)C3)ccc1F. The van der Waals surface area contributed by atoms with Gasteiger partial charge in [-0.25, -0.2) is 4.39 Å². The number of anilines is 1. The third-order valence-corrected chi connectivity index (χ3v) is 4.94. The molecule has 0 saturated heterocycles. The lowest BCUT2D eigenvalue weighted by Crippen LogP contribution is -2.03. The van der Waals surface area contributed by atoms with E-state index in [9.17, 15) is 9.18 Å². The van der Waals surface area contributed by atoms with Gasteiger partial charge in [0.15, 0.2) is 0 Å². The standard InChI is InChI=1S/C16H12BrClFNO/c1-8-4-9(2-3-13(8)19)16(17)11-5-10-6-15(21)20-14(10)7-12(11)18/h2-5,7,16H,6H2,1H3,(H,20,21). The second-order valence-electron chi connectivity index (χ2n) is 5.13. The zero-order valence-electron chi connectivity index (χ0n) is 11.2. The zero-order chi connectivity index (χ0) is 15.1. The molecule has 1 aliphatic rings. The topological polar surface area (TPSA) is 29.1 Å². The van der Waals surface area contributed by atoms with Crippen LogP contribution in [0.5, 0.6) is 0 Å².